The van der Waals surface area contributed by atoms with Crippen LogP contribution in [0.5, 0.6) is 0 Å². The molecule has 0 radical (unpaired) electrons. The molecule has 5 heteroatoms. The number of oxazole rings is 1. The van der Waals surface area contributed by atoms with E-state index in [9.17, 15) is 4.21 Å². The molecule has 0 unspecified atom stereocenters. The minimum absolute atomic E-state index is 0.230. The fraction of sp³-hybridized carbons (Fsp3) is 0.400. The molecule has 108 valence electrons. The number of hydrogen-bond donors (Lipinski definition) is 0. The molecular formula is C15H20N2O2S. The minimum atomic E-state index is -0.791. The fourth-order valence-corrected chi connectivity index (χ4v) is 2.89. The van der Waals surface area contributed by atoms with Crippen LogP contribution in [0.25, 0.3) is 11.3 Å². The summed E-state index contributed by atoms with van der Waals surface area (Å²) in [5, 5.41) is 0. The first-order valence-corrected chi connectivity index (χ1v) is 8.29. The zero-order valence-corrected chi connectivity index (χ0v) is 12.9. The quantitative estimate of drug-likeness (QED) is 0.821. The van der Waals surface area contributed by atoms with Crippen molar-refractivity contribution >= 4 is 10.8 Å². The minimum Gasteiger partial charge on any atom is -0.439 e. The van der Waals surface area contributed by atoms with E-state index in [-0.39, 0.29) is 6.04 Å². The molecule has 2 rings (SSSR count). The van der Waals surface area contributed by atoms with Crippen LogP contribution in [-0.4, -0.2) is 39.2 Å². The molecule has 0 N–H and O–H groups in total. The van der Waals surface area contributed by atoms with Gasteiger partial charge in [-0.05, 0) is 14.0 Å². The van der Waals surface area contributed by atoms with E-state index >= 15 is 0 Å². The Balaban J connectivity index is 2.01. The van der Waals surface area contributed by atoms with Crippen molar-refractivity contribution in [2.45, 2.75) is 19.5 Å². The summed E-state index contributed by atoms with van der Waals surface area (Å²) in [6.45, 7) is 2.67. The first-order chi connectivity index (χ1) is 9.56. The molecule has 20 heavy (non-hydrogen) atoms. The van der Waals surface area contributed by atoms with Gasteiger partial charge >= 0.3 is 0 Å². The second kappa shape index (κ2) is 6.81. The van der Waals surface area contributed by atoms with E-state index in [0.29, 0.717) is 18.2 Å². The average Bonchev–Trinajstić information content (AvgIpc) is 2.87. The Kier molecular flexibility index (Phi) is 5.09. The van der Waals surface area contributed by atoms with Crippen molar-refractivity contribution in [2.75, 3.05) is 19.1 Å². The van der Waals surface area contributed by atoms with Gasteiger partial charge < -0.3 is 4.42 Å². The molecule has 0 fully saturated rings. The summed E-state index contributed by atoms with van der Waals surface area (Å²) in [4.78, 5) is 6.41. The molecule has 0 bridgehead atoms. The van der Waals surface area contributed by atoms with Gasteiger partial charge in [0.1, 0.15) is 0 Å². The number of nitrogens with zero attached hydrogens (tertiary/aromatic N) is 2. The van der Waals surface area contributed by atoms with Gasteiger partial charge in [0, 0.05) is 34.4 Å². The molecule has 0 amide bonds. The van der Waals surface area contributed by atoms with Crippen molar-refractivity contribution < 1.29 is 8.63 Å². The van der Waals surface area contributed by atoms with E-state index in [0.717, 1.165) is 11.3 Å². The number of aromatic nitrogens is 1. The van der Waals surface area contributed by atoms with Gasteiger partial charge in [-0.25, -0.2) is 4.98 Å². The Morgan fingerprint density at radius 3 is 2.70 bits per heavy atom. The third-order valence-electron chi connectivity index (χ3n) is 3.22. The van der Waals surface area contributed by atoms with Crippen LogP contribution in [0, 0.1) is 0 Å². The normalized spacial score (nSPS) is 14.4. The van der Waals surface area contributed by atoms with Crippen molar-refractivity contribution in [3.05, 3.63) is 42.4 Å². The summed E-state index contributed by atoms with van der Waals surface area (Å²) in [6.07, 6.45) is 3.48. The molecule has 2 aromatic rings. The van der Waals surface area contributed by atoms with Crippen molar-refractivity contribution in [2.24, 2.45) is 0 Å². The van der Waals surface area contributed by atoms with Gasteiger partial charge in [0.05, 0.1) is 12.7 Å². The molecule has 1 aromatic carbocycles. The lowest BCUT2D eigenvalue weighted by Crippen LogP contribution is -2.32. The molecule has 4 nitrogen and oxygen atoms in total. The summed E-state index contributed by atoms with van der Waals surface area (Å²) in [7, 11) is 1.20. The highest BCUT2D eigenvalue weighted by atomic mass is 32.2. The Morgan fingerprint density at radius 2 is 2.05 bits per heavy atom. The summed E-state index contributed by atoms with van der Waals surface area (Å²) >= 11 is 0. The number of rotatable bonds is 6. The maximum Gasteiger partial charge on any atom is 0.209 e. The van der Waals surface area contributed by atoms with Gasteiger partial charge in [-0.2, -0.15) is 0 Å². The number of hydrogen-bond acceptors (Lipinski definition) is 4. The lowest BCUT2D eigenvalue weighted by Gasteiger charge is -2.22. The predicted molar refractivity (Wildman–Crippen MR) is 81.8 cm³/mol. The van der Waals surface area contributed by atoms with E-state index in [1.807, 2.05) is 37.4 Å². The van der Waals surface area contributed by atoms with E-state index in [2.05, 4.69) is 16.8 Å². The molecule has 1 aromatic heterocycles. The standard InChI is InChI=1S/C15H20N2O2S/c1-12(11-20(3)18)17(2)10-15-16-9-14(19-15)13-7-5-4-6-8-13/h4-9,12H,10-11H2,1-3H3/t12-,20+/m0/s1. The van der Waals surface area contributed by atoms with Crippen molar-refractivity contribution in [3.8, 4) is 11.3 Å². The van der Waals surface area contributed by atoms with Crippen LogP contribution >= 0.6 is 0 Å². The Morgan fingerprint density at radius 1 is 1.35 bits per heavy atom. The van der Waals surface area contributed by atoms with Crippen LogP contribution in [0.4, 0.5) is 0 Å². The molecule has 0 saturated heterocycles. The average molecular weight is 292 g/mol. The second-order valence-corrected chi connectivity index (χ2v) is 6.47. The van der Waals surface area contributed by atoms with Crippen LogP contribution < -0.4 is 0 Å². The fourth-order valence-electron chi connectivity index (χ4n) is 1.96. The van der Waals surface area contributed by atoms with Crippen LogP contribution in [0.2, 0.25) is 0 Å². The summed E-state index contributed by atoms with van der Waals surface area (Å²) in [5.74, 6) is 2.11. The second-order valence-electron chi connectivity index (χ2n) is 4.99. The van der Waals surface area contributed by atoms with Gasteiger partial charge in [0.2, 0.25) is 5.89 Å². The van der Waals surface area contributed by atoms with Gasteiger partial charge in [-0.15, -0.1) is 0 Å². The highest BCUT2D eigenvalue weighted by molar-refractivity contribution is 7.84. The van der Waals surface area contributed by atoms with E-state index in [4.69, 9.17) is 4.42 Å². The third-order valence-corrected chi connectivity index (χ3v) is 4.18. The van der Waals surface area contributed by atoms with Crippen LogP contribution in [-0.2, 0) is 17.3 Å². The summed E-state index contributed by atoms with van der Waals surface area (Å²) in [6, 6.07) is 10.1. The molecule has 0 spiro atoms. The van der Waals surface area contributed by atoms with Crippen molar-refractivity contribution in [1.82, 2.24) is 9.88 Å². The molecule has 0 aliphatic carbocycles. The van der Waals surface area contributed by atoms with E-state index in [1.165, 1.54) is 0 Å². The topological polar surface area (TPSA) is 46.3 Å². The van der Waals surface area contributed by atoms with Crippen molar-refractivity contribution in [1.29, 1.82) is 0 Å². The molecule has 1 heterocycles. The molecular weight excluding hydrogens is 272 g/mol. The lowest BCUT2D eigenvalue weighted by molar-refractivity contribution is 0.242. The van der Waals surface area contributed by atoms with Crippen LogP contribution in [0.1, 0.15) is 12.8 Å². The molecule has 0 aliphatic heterocycles. The lowest BCUT2D eigenvalue weighted by atomic mass is 10.2. The monoisotopic (exact) mass is 292 g/mol. The Labute approximate surface area is 122 Å². The van der Waals surface area contributed by atoms with Gasteiger partial charge in [-0.3, -0.25) is 9.11 Å². The third kappa shape index (κ3) is 4.02. The Bertz CT molecular complexity index is 568. The smallest absolute Gasteiger partial charge is 0.209 e. The van der Waals surface area contributed by atoms with Crippen LogP contribution in [0.15, 0.2) is 40.9 Å². The molecule has 2 atom stereocenters. The Hall–Kier alpha value is -1.46. The zero-order chi connectivity index (χ0) is 14.5. The highest BCUT2D eigenvalue weighted by Gasteiger charge is 2.14. The van der Waals surface area contributed by atoms with Crippen molar-refractivity contribution in [3.63, 3.8) is 0 Å². The highest BCUT2D eigenvalue weighted by Crippen LogP contribution is 2.20. The number of benzene rings is 1. The largest absolute Gasteiger partial charge is 0.439 e. The predicted octanol–water partition coefficient (Wildman–Crippen LogP) is 2.54. The van der Waals surface area contributed by atoms with Crippen LogP contribution in [0.3, 0.4) is 0 Å². The van der Waals surface area contributed by atoms with Gasteiger partial charge in [0.25, 0.3) is 0 Å². The maximum atomic E-state index is 11.2. The van der Waals surface area contributed by atoms with E-state index < -0.39 is 10.8 Å². The first-order valence-electron chi connectivity index (χ1n) is 6.56. The maximum absolute atomic E-state index is 11.2. The van der Waals surface area contributed by atoms with Gasteiger partial charge in [0.15, 0.2) is 5.76 Å². The molecule has 0 aliphatic rings. The molecule has 0 saturated carbocycles. The SMILES string of the molecule is C[C@@H](C[S@@](C)=O)N(C)Cc1ncc(-c2ccccc2)o1. The van der Waals surface area contributed by atoms with Gasteiger partial charge in [-0.1, -0.05) is 30.3 Å². The summed E-state index contributed by atoms with van der Waals surface area (Å²) < 4.78 is 17.0. The summed E-state index contributed by atoms with van der Waals surface area (Å²) in [5.41, 5.74) is 1.02. The first kappa shape index (κ1) is 14.9. The van der Waals surface area contributed by atoms with E-state index in [1.54, 1.807) is 12.5 Å². The zero-order valence-electron chi connectivity index (χ0n) is 12.1.